The smallest absolute Gasteiger partial charge is 0.255 e. The fourth-order valence-electron chi connectivity index (χ4n) is 5.00. The second kappa shape index (κ2) is 9.96. The minimum atomic E-state index is -0.488. The molecule has 0 radical (unpaired) electrons. The number of hydrogen-bond donors (Lipinski definition) is 1. The highest BCUT2D eigenvalue weighted by Crippen LogP contribution is 2.35. The predicted molar refractivity (Wildman–Crippen MR) is 127 cm³/mol. The van der Waals surface area contributed by atoms with Gasteiger partial charge in [0.05, 0.1) is 7.11 Å². The van der Waals surface area contributed by atoms with Gasteiger partial charge in [-0.3, -0.25) is 9.59 Å². The summed E-state index contributed by atoms with van der Waals surface area (Å²) in [6.45, 7) is 6.51. The maximum absolute atomic E-state index is 13.5. The van der Waals surface area contributed by atoms with Gasteiger partial charge in [0.15, 0.2) is 0 Å². The summed E-state index contributed by atoms with van der Waals surface area (Å²) in [5, 5.41) is 3.23. The lowest BCUT2D eigenvalue weighted by Crippen LogP contribution is -2.52. The zero-order valence-electron chi connectivity index (χ0n) is 19.8. The van der Waals surface area contributed by atoms with Gasteiger partial charge < -0.3 is 19.7 Å². The highest BCUT2D eigenvalue weighted by molar-refractivity contribution is 6.01. The molecule has 2 amide bonds. The number of carbonyl (C=O) groups excluding carboxylic acids is 2. The van der Waals surface area contributed by atoms with E-state index in [0.29, 0.717) is 38.3 Å². The molecule has 2 heterocycles. The Hall–Kier alpha value is -2.86. The summed E-state index contributed by atoms with van der Waals surface area (Å²) in [6, 6.07) is 15.3. The van der Waals surface area contributed by atoms with Crippen LogP contribution in [0.5, 0.6) is 5.75 Å². The summed E-state index contributed by atoms with van der Waals surface area (Å²) in [7, 11) is 1.66. The Kier molecular flexibility index (Phi) is 7.03. The topological polar surface area (TPSA) is 67.9 Å². The first-order chi connectivity index (χ1) is 15.9. The van der Waals surface area contributed by atoms with E-state index in [-0.39, 0.29) is 23.1 Å². The Morgan fingerprint density at radius 1 is 1.12 bits per heavy atom. The van der Waals surface area contributed by atoms with E-state index >= 15 is 0 Å². The molecule has 33 heavy (non-hydrogen) atoms. The molecule has 176 valence electrons. The molecule has 1 N–H and O–H groups in total. The summed E-state index contributed by atoms with van der Waals surface area (Å²) in [5.74, 6) is 0.969. The summed E-state index contributed by atoms with van der Waals surface area (Å²) in [4.78, 5) is 28.4. The number of carbonyl (C=O) groups is 2. The second-order valence-electron chi connectivity index (χ2n) is 9.57. The maximum atomic E-state index is 13.5. The molecule has 1 fully saturated rings. The number of amides is 2. The SMILES string of the molecule is COc1ccc(C2(CNC(=O)[C@H](CC(C)C)N3Cc4ccccc4C3=O)CCOCC2)cc1. The molecule has 2 aliphatic rings. The van der Waals surface area contributed by atoms with Crippen molar-refractivity contribution < 1.29 is 19.1 Å². The average molecular weight is 451 g/mol. The van der Waals surface area contributed by atoms with Gasteiger partial charge in [0.25, 0.3) is 5.91 Å². The minimum Gasteiger partial charge on any atom is -0.497 e. The van der Waals surface area contributed by atoms with E-state index in [9.17, 15) is 9.59 Å². The zero-order chi connectivity index (χ0) is 23.4. The number of nitrogens with one attached hydrogen (secondary N) is 1. The van der Waals surface area contributed by atoms with Gasteiger partial charge in [0.2, 0.25) is 5.91 Å². The summed E-state index contributed by atoms with van der Waals surface area (Å²) < 4.78 is 11.0. The third kappa shape index (κ3) is 4.91. The number of benzene rings is 2. The van der Waals surface area contributed by atoms with Gasteiger partial charge in [0.1, 0.15) is 11.8 Å². The molecular weight excluding hydrogens is 416 g/mol. The van der Waals surface area contributed by atoms with Crippen LogP contribution in [0.2, 0.25) is 0 Å². The van der Waals surface area contributed by atoms with Crippen LogP contribution in [-0.2, 0) is 21.5 Å². The van der Waals surface area contributed by atoms with Crippen LogP contribution >= 0.6 is 0 Å². The summed E-state index contributed by atoms with van der Waals surface area (Å²) >= 11 is 0. The number of nitrogens with zero attached hydrogens (tertiary/aromatic N) is 1. The van der Waals surface area contributed by atoms with E-state index in [2.05, 4.69) is 31.3 Å². The van der Waals surface area contributed by atoms with Gasteiger partial charge in [-0.1, -0.05) is 44.2 Å². The Balaban J connectivity index is 1.52. The van der Waals surface area contributed by atoms with Crippen molar-refractivity contribution in [3.63, 3.8) is 0 Å². The number of rotatable bonds is 8. The van der Waals surface area contributed by atoms with Crippen molar-refractivity contribution in [1.82, 2.24) is 10.2 Å². The standard InChI is InChI=1S/C27H34N2O4/c1-19(2)16-24(29-17-20-6-4-5-7-23(20)26(29)31)25(30)28-18-27(12-14-33-15-13-27)21-8-10-22(32-3)11-9-21/h4-11,19,24H,12-18H2,1-3H3,(H,28,30)/t24-/m0/s1. The van der Waals surface area contributed by atoms with Crippen LogP contribution in [-0.4, -0.2) is 49.6 Å². The van der Waals surface area contributed by atoms with Crippen molar-refractivity contribution in [2.45, 2.75) is 51.1 Å². The molecule has 0 bridgehead atoms. The summed E-state index contributed by atoms with van der Waals surface area (Å²) in [6.07, 6.45) is 2.30. The molecule has 1 atom stereocenters. The monoisotopic (exact) mass is 450 g/mol. The molecule has 0 aliphatic carbocycles. The number of ether oxygens (including phenoxy) is 2. The Labute approximate surface area is 196 Å². The van der Waals surface area contributed by atoms with Crippen LogP contribution in [0.15, 0.2) is 48.5 Å². The van der Waals surface area contributed by atoms with E-state index in [0.717, 1.165) is 24.2 Å². The lowest BCUT2D eigenvalue weighted by molar-refractivity contribution is -0.126. The van der Waals surface area contributed by atoms with E-state index < -0.39 is 6.04 Å². The number of fused-ring (bicyclic) bond motifs is 1. The van der Waals surface area contributed by atoms with Crippen molar-refractivity contribution in [3.05, 3.63) is 65.2 Å². The van der Waals surface area contributed by atoms with Gasteiger partial charge >= 0.3 is 0 Å². The normalized spacial score (nSPS) is 18.2. The van der Waals surface area contributed by atoms with Gasteiger partial charge in [0, 0.05) is 37.3 Å². The molecule has 2 aromatic rings. The van der Waals surface area contributed by atoms with Crippen LogP contribution < -0.4 is 10.1 Å². The Morgan fingerprint density at radius 2 is 1.82 bits per heavy atom. The third-order valence-electron chi connectivity index (χ3n) is 6.98. The van der Waals surface area contributed by atoms with Gasteiger partial charge in [-0.05, 0) is 54.5 Å². The van der Waals surface area contributed by atoms with Gasteiger partial charge in [-0.15, -0.1) is 0 Å². The molecule has 0 unspecified atom stereocenters. The quantitative estimate of drug-likeness (QED) is 0.662. The van der Waals surface area contributed by atoms with Crippen molar-refractivity contribution in [2.75, 3.05) is 26.9 Å². The molecule has 0 saturated carbocycles. The zero-order valence-corrected chi connectivity index (χ0v) is 19.8. The van der Waals surface area contributed by atoms with Crippen molar-refractivity contribution in [2.24, 2.45) is 5.92 Å². The lowest BCUT2D eigenvalue weighted by atomic mass is 9.74. The molecule has 2 aromatic carbocycles. The molecule has 6 nitrogen and oxygen atoms in total. The first-order valence-corrected chi connectivity index (χ1v) is 11.8. The molecule has 2 aliphatic heterocycles. The van der Waals surface area contributed by atoms with Crippen LogP contribution in [0.1, 0.15) is 54.6 Å². The van der Waals surface area contributed by atoms with Crippen LogP contribution in [0.3, 0.4) is 0 Å². The Morgan fingerprint density at radius 3 is 2.45 bits per heavy atom. The van der Waals surface area contributed by atoms with Crippen LogP contribution in [0, 0.1) is 5.92 Å². The highest BCUT2D eigenvalue weighted by atomic mass is 16.5. The molecule has 4 rings (SSSR count). The largest absolute Gasteiger partial charge is 0.497 e. The van der Waals surface area contributed by atoms with Crippen molar-refractivity contribution in [1.29, 1.82) is 0 Å². The van der Waals surface area contributed by atoms with Crippen LogP contribution in [0.4, 0.5) is 0 Å². The number of methoxy groups -OCH3 is 1. The van der Waals surface area contributed by atoms with E-state index in [1.807, 2.05) is 36.4 Å². The van der Waals surface area contributed by atoms with Crippen molar-refractivity contribution in [3.8, 4) is 5.75 Å². The van der Waals surface area contributed by atoms with Gasteiger partial charge in [-0.25, -0.2) is 0 Å². The highest BCUT2D eigenvalue weighted by Gasteiger charge is 2.39. The second-order valence-corrected chi connectivity index (χ2v) is 9.57. The molecule has 0 spiro atoms. The fourth-order valence-corrected chi connectivity index (χ4v) is 5.00. The van der Waals surface area contributed by atoms with Crippen LogP contribution in [0.25, 0.3) is 0 Å². The van der Waals surface area contributed by atoms with E-state index in [1.165, 1.54) is 5.56 Å². The first-order valence-electron chi connectivity index (χ1n) is 11.8. The molecule has 0 aromatic heterocycles. The molecule has 6 heteroatoms. The van der Waals surface area contributed by atoms with Crippen molar-refractivity contribution >= 4 is 11.8 Å². The minimum absolute atomic E-state index is 0.0534. The Bertz CT molecular complexity index is 980. The maximum Gasteiger partial charge on any atom is 0.255 e. The average Bonchev–Trinajstić information content (AvgIpc) is 3.18. The van der Waals surface area contributed by atoms with E-state index in [4.69, 9.17) is 9.47 Å². The van der Waals surface area contributed by atoms with Gasteiger partial charge in [-0.2, -0.15) is 0 Å². The van der Waals surface area contributed by atoms with E-state index in [1.54, 1.807) is 12.0 Å². The fraction of sp³-hybridized carbons (Fsp3) is 0.481. The lowest BCUT2D eigenvalue weighted by Gasteiger charge is -2.39. The first kappa shape index (κ1) is 23.3. The number of hydrogen-bond acceptors (Lipinski definition) is 4. The molecule has 1 saturated heterocycles. The predicted octanol–water partition coefficient (Wildman–Crippen LogP) is 3.93. The molecular formula is C27H34N2O4. The summed E-state index contributed by atoms with van der Waals surface area (Å²) in [5.41, 5.74) is 2.68. The third-order valence-corrected chi connectivity index (χ3v) is 6.98.